The number of methoxy groups -OCH3 is 3. The molecule has 0 bridgehead atoms. The van der Waals surface area contributed by atoms with Crippen molar-refractivity contribution in [1.82, 2.24) is 4.98 Å². The first-order chi connectivity index (χ1) is 17.9. The van der Waals surface area contributed by atoms with E-state index in [-0.39, 0.29) is 5.56 Å². The van der Waals surface area contributed by atoms with Gasteiger partial charge in [0.2, 0.25) is 0 Å². The van der Waals surface area contributed by atoms with Crippen molar-refractivity contribution in [1.29, 1.82) is 0 Å². The van der Waals surface area contributed by atoms with E-state index in [4.69, 9.17) is 30.5 Å². The lowest BCUT2D eigenvalue weighted by molar-refractivity contribution is -0.135. The molecule has 4 rings (SSSR count). The van der Waals surface area contributed by atoms with Crippen LogP contribution in [0.5, 0.6) is 17.2 Å². The molecule has 1 aromatic heterocycles. The second-order valence-electron chi connectivity index (χ2n) is 7.57. The number of benzene rings is 3. The summed E-state index contributed by atoms with van der Waals surface area (Å²) in [5.74, 6) is -0.0223. The Hall–Kier alpha value is -4.01. The third-order valence-electron chi connectivity index (χ3n) is 5.28. The number of halogens is 1. The summed E-state index contributed by atoms with van der Waals surface area (Å²) >= 11 is 7.35. The number of carbonyl (C=O) groups excluding carboxylic acids is 2. The molecule has 0 aliphatic carbocycles. The van der Waals surface area contributed by atoms with Crippen molar-refractivity contribution in [3.63, 3.8) is 0 Å². The van der Waals surface area contributed by atoms with Crippen molar-refractivity contribution >= 4 is 52.3 Å². The van der Waals surface area contributed by atoms with Gasteiger partial charge in [0.25, 0.3) is 0 Å². The zero-order valence-corrected chi connectivity index (χ0v) is 21.8. The fourth-order valence-electron chi connectivity index (χ4n) is 3.53. The van der Waals surface area contributed by atoms with Crippen molar-refractivity contribution < 1.29 is 28.5 Å². The number of hydrogen-bond donors (Lipinski definition) is 0. The second kappa shape index (κ2) is 11.8. The molecule has 0 aliphatic heterocycles. The Bertz CT molecular complexity index is 1490. The Labute approximate surface area is 223 Å². The molecular weight excluding hydrogens is 514 g/mol. The molecule has 3 aromatic carbocycles. The molecule has 4 aromatic rings. The lowest BCUT2D eigenvalue weighted by atomic mass is 10.2. The van der Waals surface area contributed by atoms with Crippen LogP contribution >= 0.6 is 23.4 Å². The van der Waals surface area contributed by atoms with E-state index in [0.717, 1.165) is 15.8 Å². The van der Waals surface area contributed by atoms with Gasteiger partial charge in [0.1, 0.15) is 11.3 Å². The Morgan fingerprint density at radius 2 is 1.73 bits per heavy atom. The van der Waals surface area contributed by atoms with Gasteiger partial charge in [0.15, 0.2) is 11.5 Å². The van der Waals surface area contributed by atoms with E-state index in [0.29, 0.717) is 32.7 Å². The molecule has 0 saturated carbocycles. The molecule has 0 saturated heterocycles. The van der Waals surface area contributed by atoms with E-state index < -0.39 is 11.9 Å². The zero-order valence-electron chi connectivity index (χ0n) is 20.2. The van der Waals surface area contributed by atoms with Crippen LogP contribution in [-0.2, 0) is 9.53 Å². The summed E-state index contributed by atoms with van der Waals surface area (Å²) in [5, 5.41) is 1.44. The highest BCUT2D eigenvalue weighted by Crippen LogP contribution is 2.35. The largest absolute Gasteiger partial charge is 0.493 e. The van der Waals surface area contributed by atoms with Gasteiger partial charge in [0.05, 0.1) is 31.8 Å². The summed E-state index contributed by atoms with van der Waals surface area (Å²) in [4.78, 5) is 30.8. The van der Waals surface area contributed by atoms with Gasteiger partial charge in [-0.15, -0.1) is 0 Å². The highest BCUT2D eigenvalue weighted by molar-refractivity contribution is 8.04. The van der Waals surface area contributed by atoms with Crippen molar-refractivity contribution in [3.05, 3.63) is 94.0 Å². The average Bonchev–Trinajstić information content (AvgIpc) is 2.92. The predicted octanol–water partition coefficient (Wildman–Crippen LogP) is 6.43. The zero-order chi connectivity index (χ0) is 26.4. The van der Waals surface area contributed by atoms with Crippen molar-refractivity contribution in [2.24, 2.45) is 0 Å². The lowest BCUT2D eigenvalue weighted by Gasteiger charge is -2.12. The lowest BCUT2D eigenvalue weighted by Crippen LogP contribution is -2.10. The Morgan fingerprint density at radius 3 is 2.43 bits per heavy atom. The molecular formula is C28H22ClNO6S. The number of fused-ring (bicyclic) bond motifs is 1. The highest BCUT2D eigenvalue weighted by atomic mass is 35.5. The molecule has 0 unspecified atom stereocenters. The molecule has 1 heterocycles. The number of carbonyl (C=O) groups is 2. The number of nitrogens with zero attached hydrogens (tertiary/aromatic N) is 1. The molecule has 0 spiro atoms. The minimum absolute atomic E-state index is 0.237. The first kappa shape index (κ1) is 26.1. The molecule has 0 amide bonds. The van der Waals surface area contributed by atoms with Gasteiger partial charge in [0, 0.05) is 21.5 Å². The van der Waals surface area contributed by atoms with Crippen LogP contribution in [0, 0.1) is 0 Å². The van der Waals surface area contributed by atoms with Crippen molar-refractivity contribution in [3.8, 4) is 17.2 Å². The highest BCUT2D eigenvalue weighted by Gasteiger charge is 2.19. The first-order valence-corrected chi connectivity index (χ1v) is 12.2. The van der Waals surface area contributed by atoms with E-state index in [9.17, 15) is 9.59 Å². The number of rotatable bonds is 8. The molecule has 0 N–H and O–H groups in total. The molecule has 0 fully saturated rings. The fourth-order valence-corrected chi connectivity index (χ4v) is 4.70. The molecule has 7 nitrogen and oxygen atoms in total. The smallest absolute Gasteiger partial charge is 0.347 e. The van der Waals surface area contributed by atoms with Gasteiger partial charge >= 0.3 is 11.9 Å². The fraction of sp³-hybridized carbons (Fsp3) is 0.107. The summed E-state index contributed by atoms with van der Waals surface area (Å²) in [6, 6.07) is 18.9. The van der Waals surface area contributed by atoms with Crippen LogP contribution in [0.25, 0.3) is 17.0 Å². The maximum atomic E-state index is 12.7. The van der Waals surface area contributed by atoms with E-state index in [2.05, 4.69) is 4.98 Å². The predicted molar refractivity (Wildman–Crippen MR) is 144 cm³/mol. The third-order valence-corrected chi connectivity index (χ3v) is 6.60. The second-order valence-corrected chi connectivity index (χ2v) is 9.09. The van der Waals surface area contributed by atoms with Crippen LogP contribution in [0.15, 0.2) is 82.7 Å². The van der Waals surface area contributed by atoms with E-state index >= 15 is 0 Å². The maximum Gasteiger partial charge on any atom is 0.347 e. The first-order valence-electron chi connectivity index (χ1n) is 11.0. The number of ether oxygens (including phenoxy) is 4. The number of para-hydroxylation sites is 1. The van der Waals surface area contributed by atoms with Crippen LogP contribution in [0.2, 0.25) is 5.02 Å². The van der Waals surface area contributed by atoms with E-state index in [1.165, 1.54) is 33.1 Å². The minimum atomic E-state index is -0.588. The van der Waals surface area contributed by atoms with Crippen LogP contribution in [0.4, 0.5) is 0 Å². The van der Waals surface area contributed by atoms with Crippen LogP contribution in [0.3, 0.4) is 0 Å². The molecule has 9 heteroatoms. The van der Waals surface area contributed by atoms with Gasteiger partial charge < -0.3 is 18.9 Å². The normalized spacial score (nSPS) is 11.2. The quantitative estimate of drug-likeness (QED) is 0.110. The average molecular weight is 536 g/mol. The van der Waals surface area contributed by atoms with Crippen LogP contribution < -0.4 is 14.2 Å². The molecule has 0 atom stereocenters. The molecule has 37 heavy (non-hydrogen) atoms. The summed E-state index contributed by atoms with van der Waals surface area (Å²) < 4.78 is 21.1. The summed E-state index contributed by atoms with van der Waals surface area (Å²) in [5.41, 5.74) is 1.68. The van der Waals surface area contributed by atoms with E-state index in [1.807, 2.05) is 12.1 Å². The Kier molecular flexibility index (Phi) is 8.32. The maximum absolute atomic E-state index is 12.7. The number of pyridine rings is 1. The van der Waals surface area contributed by atoms with Gasteiger partial charge in [-0.2, -0.15) is 0 Å². The summed E-state index contributed by atoms with van der Waals surface area (Å²) in [6.07, 6.45) is 3.37. The van der Waals surface area contributed by atoms with Crippen molar-refractivity contribution in [2.75, 3.05) is 21.3 Å². The Morgan fingerprint density at radius 1 is 0.946 bits per heavy atom. The van der Waals surface area contributed by atoms with E-state index in [1.54, 1.807) is 66.9 Å². The van der Waals surface area contributed by atoms with Crippen LogP contribution in [0.1, 0.15) is 15.9 Å². The number of esters is 2. The van der Waals surface area contributed by atoms with Gasteiger partial charge in [-0.25, -0.2) is 9.59 Å². The SMILES string of the molecule is COC(=O)/C(=C\c1ccc(OC(=O)c2cccc(OC)c2OC)cc1)Sc1ccnc2cc(Cl)ccc12. The molecule has 0 aliphatic rings. The summed E-state index contributed by atoms with van der Waals surface area (Å²) in [6.45, 7) is 0. The van der Waals surface area contributed by atoms with Gasteiger partial charge in [-0.1, -0.05) is 47.6 Å². The van der Waals surface area contributed by atoms with Gasteiger partial charge in [-0.05, 0) is 54.1 Å². The number of aromatic nitrogens is 1. The van der Waals surface area contributed by atoms with Crippen molar-refractivity contribution in [2.45, 2.75) is 4.90 Å². The van der Waals surface area contributed by atoms with Crippen LogP contribution in [-0.4, -0.2) is 38.3 Å². The molecule has 0 radical (unpaired) electrons. The summed E-state index contributed by atoms with van der Waals surface area (Å²) in [7, 11) is 4.28. The topological polar surface area (TPSA) is 84.0 Å². The monoisotopic (exact) mass is 535 g/mol. The minimum Gasteiger partial charge on any atom is -0.493 e. The Balaban J connectivity index is 1.56. The molecule has 188 valence electrons. The number of thioether (sulfide) groups is 1. The number of hydrogen-bond acceptors (Lipinski definition) is 8. The van der Waals surface area contributed by atoms with Gasteiger partial charge in [-0.3, -0.25) is 4.98 Å². The third kappa shape index (κ3) is 6.04. The standard InChI is InChI=1S/C28H22ClNO6S/c1-33-23-6-4-5-21(26(23)34-2)27(31)36-19-10-7-17(8-11-19)15-25(28(32)35-3)37-24-13-14-30-22-16-18(29)9-12-20(22)24/h4-16H,1-3H3/b25-15+.